The summed E-state index contributed by atoms with van der Waals surface area (Å²) in [5.74, 6) is -0.905. The van der Waals surface area contributed by atoms with Crippen LogP contribution in [-0.4, -0.2) is 37.2 Å². The summed E-state index contributed by atoms with van der Waals surface area (Å²) in [6.07, 6.45) is 64.9. The molecule has 0 radical (unpaired) electrons. The molecule has 0 aromatic carbocycles. The van der Waals surface area contributed by atoms with Crippen LogP contribution >= 0.6 is 0 Å². The molecule has 0 aliphatic rings. The normalized spacial score (nSPS) is 12.5. The highest BCUT2D eigenvalue weighted by Crippen LogP contribution is 2.15. The summed E-state index contributed by atoms with van der Waals surface area (Å²) in [4.78, 5) is 38.0. The fraction of sp³-hybridized carbons (Fsp3) is 0.776. The summed E-state index contributed by atoms with van der Waals surface area (Å²) >= 11 is 0. The third-order valence-corrected chi connectivity index (χ3v) is 11.7. The first-order valence-corrected chi connectivity index (χ1v) is 27.3. The van der Waals surface area contributed by atoms with Crippen molar-refractivity contribution in [2.24, 2.45) is 0 Å². The van der Waals surface area contributed by atoms with Crippen molar-refractivity contribution in [2.75, 3.05) is 13.2 Å². The Hall–Kier alpha value is -2.89. The van der Waals surface area contributed by atoms with E-state index in [2.05, 4.69) is 81.5 Å². The third-order valence-electron chi connectivity index (χ3n) is 11.7. The summed E-state index contributed by atoms with van der Waals surface area (Å²) in [6, 6.07) is 0. The Kier molecular flexibility index (Phi) is 50.4. The van der Waals surface area contributed by atoms with Gasteiger partial charge < -0.3 is 14.2 Å². The molecule has 0 saturated heterocycles. The molecule has 1 atom stereocenters. The minimum atomic E-state index is -0.785. The van der Waals surface area contributed by atoms with Crippen LogP contribution in [-0.2, 0) is 28.6 Å². The molecule has 0 fully saturated rings. The fourth-order valence-corrected chi connectivity index (χ4v) is 7.61. The molecule has 6 nitrogen and oxygen atoms in total. The van der Waals surface area contributed by atoms with Crippen molar-refractivity contribution < 1.29 is 28.6 Å². The van der Waals surface area contributed by atoms with Crippen molar-refractivity contribution in [1.82, 2.24) is 0 Å². The first-order chi connectivity index (χ1) is 31.5. The number of unbranched alkanes of at least 4 members (excludes halogenated alkanes) is 28. The Morgan fingerprint density at radius 2 is 0.625 bits per heavy atom. The number of rotatable bonds is 49. The van der Waals surface area contributed by atoms with E-state index >= 15 is 0 Å². The van der Waals surface area contributed by atoms with Crippen molar-refractivity contribution in [1.29, 1.82) is 0 Å². The second-order valence-electron chi connectivity index (χ2n) is 18.1. The number of hydrogen-bond acceptors (Lipinski definition) is 6. The number of ether oxygens (including phenoxy) is 3. The summed E-state index contributed by atoms with van der Waals surface area (Å²) < 4.78 is 16.8. The van der Waals surface area contributed by atoms with Gasteiger partial charge in [-0.05, 0) is 96.3 Å². The number of allylic oxidation sites excluding steroid dienone is 10. The molecule has 6 heteroatoms. The second-order valence-corrected chi connectivity index (χ2v) is 18.1. The Morgan fingerprint density at radius 1 is 0.328 bits per heavy atom. The number of hydrogen-bond donors (Lipinski definition) is 0. The Labute approximate surface area is 396 Å². The molecule has 1 unspecified atom stereocenters. The molecule has 0 aromatic rings. The first-order valence-electron chi connectivity index (χ1n) is 27.3. The maximum atomic E-state index is 12.8. The molecule has 0 N–H and O–H groups in total. The van der Waals surface area contributed by atoms with Crippen LogP contribution in [0.25, 0.3) is 0 Å². The van der Waals surface area contributed by atoms with Gasteiger partial charge in [-0.1, -0.05) is 216 Å². The van der Waals surface area contributed by atoms with E-state index in [1.54, 1.807) is 0 Å². The summed E-state index contributed by atoms with van der Waals surface area (Å²) in [5.41, 5.74) is 0. The monoisotopic (exact) mass is 895 g/mol. The number of carbonyl (C=O) groups excluding carboxylic acids is 3. The molecule has 0 spiro atoms. The van der Waals surface area contributed by atoms with Crippen LogP contribution in [0.15, 0.2) is 60.8 Å². The zero-order valence-electron chi connectivity index (χ0n) is 42.3. The van der Waals surface area contributed by atoms with Crippen LogP contribution in [0.4, 0.5) is 0 Å². The predicted molar refractivity (Wildman–Crippen MR) is 275 cm³/mol. The zero-order valence-corrected chi connectivity index (χ0v) is 42.3. The summed E-state index contributed by atoms with van der Waals surface area (Å²) in [5, 5.41) is 0. The van der Waals surface area contributed by atoms with Gasteiger partial charge in [-0.15, -0.1) is 0 Å². The minimum absolute atomic E-state index is 0.0840. The van der Waals surface area contributed by atoms with Gasteiger partial charge in [0.25, 0.3) is 0 Å². The van der Waals surface area contributed by atoms with Crippen molar-refractivity contribution in [3.8, 4) is 0 Å². The van der Waals surface area contributed by atoms with Gasteiger partial charge in [0.05, 0.1) is 0 Å². The molecule has 64 heavy (non-hydrogen) atoms. The van der Waals surface area contributed by atoms with E-state index in [-0.39, 0.29) is 31.1 Å². The van der Waals surface area contributed by atoms with Gasteiger partial charge >= 0.3 is 17.9 Å². The van der Waals surface area contributed by atoms with Gasteiger partial charge in [0.2, 0.25) is 0 Å². The minimum Gasteiger partial charge on any atom is -0.462 e. The van der Waals surface area contributed by atoms with Crippen molar-refractivity contribution in [2.45, 2.75) is 277 Å². The Bertz CT molecular complexity index is 1170. The van der Waals surface area contributed by atoms with E-state index in [1.807, 2.05) is 0 Å². The highest BCUT2D eigenvalue weighted by molar-refractivity contribution is 5.71. The first kappa shape index (κ1) is 61.1. The van der Waals surface area contributed by atoms with Crippen molar-refractivity contribution in [3.05, 3.63) is 60.8 Å². The van der Waals surface area contributed by atoms with E-state index in [9.17, 15) is 14.4 Å². The van der Waals surface area contributed by atoms with E-state index in [0.29, 0.717) is 19.3 Å². The van der Waals surface area contributed by atoms with Crippen molar-refractivity contribution in [3.63, 3.8) is 0 Å². The number of esters is 3. The van der Waals surface area contributed by atoms with Crippen molar-refractivity contribution >= 4 is 17.9 Å². The maximum absolute atomic E-state index is 12.8. The lowest BCUT2D eigenvalue weighted by Crippen LogP contribution is -2.30. The third kappa shape index (κ3) is 50.1. The van der Waals surface area contributed by atoms with Gasteiger partial charge in [-0.25, -0.2) is 0 Å². The molecule has 370 valence electrons. The molecule has 0 aliphatic carbocycles. The average Bonchev–Trinajstić information content (AvgIpc) is 3.29. The largest absolute Gasteiger partial charge is 0.462 e. The van der Waals surface area contributed by atoms with Crippen LogP contribution in [0.5, 0.6) is 0 Å². The molecule has 0 saturated carbocycles. The van der Waals surface area contributed by atoms with Crippen LogP contribution in [0, 0.1) is 0 Å². The average molecular weight is 895 g/mol. The SMILES string of the molecule is CC/C=C\C/C=C\C/C=C\CCCCCCCCC(=O)OC(COC(=O)CCCCCCC/C=C\CCCC)COC(=O)CCCCCCCCC/C=C\CCCCCCCCCC. The predicted octanol–water partition coefficient (Wildman–Crippen LogP) is 18.0. The van der Waals surface area contributed by atoms with E-state index < -0.39 is 6.10 Å². The Balaban J connectivity index is 4.35. The maximum Gasteiger partial charge on any atom is 0.306 e. The second kappa shape index (κ2) is 52.7. The quantitative estimate of drug-likeness (QED) is 0.0262. The lowest BCUT2D eigenvalue weighted by molar-refractivity contribution is -0.167. The molecular weight excluding hydrogens is 793 g/mol. The smallest absolute Gasteiger partial charge is 0.306 e. The van der Waals surface area contributed by atoms with Crippen LogP contribution in [0.2, 0.25) is 0 Å². The number of carbonyl (C=O) groups is 3. The van der Waals surface area contributed by atoms with Gasteiger partial charge in [0.15, 0.2) is 6.10 Å². The molecule has 0 aromatic heterocycles. The van der Waals surface area contributed by atoms with E-state index in [4.69, 9.17) is 14.2 Å². The summed E-state index contributed by atoms with van der Waals surface area (Å²) in [7, 11) is 0. The summed E-state index contributed by atoms with van der Waals surface area (Å²) in [6.45, 7) is 6.48. The highest BCUT2D eigenvalue weighted by atomic mass is 16.6. The van der Waals surface area contributed by atoms with Crippen LogP contribution < -0.4 is 0 Å². The van der Waals surface area contributed by atoms with Gasteiger partial charge in [0, 0.05) is 19.3 Å². The van der Waals surface area contributed by atoms with E-state index in [0.717, 1.165) is 96.3 Å². The zero-order chi connectivity index (χ0) is 46.5. The van der Waals surface area contributed by atoms with Gasteiger partial charge in [-0.2, -0.15) is 0 Å². The standard InChI is InChI=1S/C58H102O6/c1-4-7-10-13-16-19-22-24-26-28-29-30-32-33-36-39-42-45-48-51-57(60)63-54-55(53-62-56(59)50-47-44-41-38-35-21-18-15-12-9-6-3)64-58(61)52-49-46-43-40-37-34-31-27-25-23-20-17-14-11-8-5-2/h8,11,15,17-18,20,25,27-29,55H,4-7,9-10,12-14,16,19,21-24,26,30-54H2,1-3H3/b11-8-,18-15-,20-17-,27-25-,29-28-. The molecule has 0 heterocycles. The lowest BCUT2D eigenvalue weighted by Gasteiger charge is -2.18. The molecule has 0 aliphatic heterocycles. The topological polar surface area (TPSA) is 78.9 Å². The van der Waals surface area contributed by atoms with Gasteiger partial charge in [-0.3, -0.25) is 14.4 Å². The fourth-order valence-electron chi connectivity index (χ4n) is 7.61. The van der Waals surface area contributed by atoms with Crippen LogP contribution in [0.3, 0.4) is 0 Å². The lowest BCUT2D eigenvalue weighted by atomic mass is 10.1. The van der Waals surface area contributed by atoms with Gasteiger partial charge in [0.1, 0.15) is 13.2 Å². The Morgan fingerprint density at radius 3 is 1.02 bits per heavy atom. The molecule has 0 amide bonds. The van der Waals surface area contributed by atoms with E-state index in [1.165, 1.54) is 135 Å². The van der Waals surface area contributed by atoms with Crippen LogP contribution in [0.1, 0.15) is 271 Å². The molecule has 0 bridgehead atoms. The highest BCUT2D eigenvalue weighted by Gasteiger charge is 2.19. The molecular formula is C58H102O6. The molecule has 0 rings (SSSR count).